The van der Waals surface area contributed by atoms with Crippen molar-refractivity contribution in [3.63, 3.8) is 0 Å². The van der Waals surface area contributed by atoms with E-state index in [2.05, 4.69) is 28.8 Å². The molecule has 1 saturated heterocycles. The zero-order valence-electron chi connectivity index (χ0n) is 15.9. The number of rotatable bonds is 7. The van der Waals surface area contributed by atoms with Crippen molar-refractivity contribution in [3.8, 4) is 5.75 Å². The standard InChI is InChI=1S/C20H26N4O3/c1-16(19-7-8-21-15-22-19)23(2)13-17-3-5-18(6-4-17)27-14-20(25)24-9-11-26-12-10-24/h3-8,15-16H,9-14H2,1-2H3/t16-/m1/s1. The largest absolute Gasteiger partial charge is 0.484 e. The lowest BCUT2D eigenvalue weighted by Gasteiger charge is -2.26. The predicted octanol–water partition coefficient (Wildman–Crippen LogP) is 1.91. The van der Waals surface area contributed by atoms with E-state index in [4.69, 9.17) is 9.47 Å². The highest BCUT2D eigenvalue weighted by atomic mass is 16.5. The zero-order chi connectivity index (χ0) is 19.1. The number of hydrogen-bond donors (Lipinski definition) is 0. The number of morpholine rings is 1. The van der Waals surface area contributed by atoms with Crippen LogP contribution in [0.4, 0.5) is 0 Å². The van der Waals surface area contributed by atoms with E-state index in [1.54, 1.807) is 17.4 Å². The minimum Gasteiger partial charge on any atom is -0.484 e. The van der Waals surface area contributed by atoms with Crippen LogP contribution in [0.2, 0.25) is 0 Å². The second kappa shape index (κ2) is 9.43. The van der Waals surface area contributed by atoms with Gasteiger partial charge in [0, 0.05) is 31.9 Å². The van der Waals surface area contributed by atoms with Crippen molar-refractivity contribution >= 4 is 5.91 Å². The highest BCUT2D eigenvalue weighted by molar-refractivity contribution is 5.77. The summed E-state index contributed by atoms with van der Waals surface area (Å²) in [7, 11) is 2.07. The molecule has 0 aliphatic carbocycles. The first kappa shape index (κ1) is 19.3. The normalized spacial score (nSPS) is 15.6. The van der Waals surface area contributed by atoms with E-state index in [1.807, 2.05) is 30.3 Å². The van der Waals surface area contributed by atoms with Crippen LogP contribution in [0.25, 0.3) is 0 Å². The molecule has 1 fully saturated rings. The molecule has 2 aromatic rings. The molecule has 3 rings (SSSR count). The van der Waals surface area contributed by atoms with E-state index in [0.717, 1.165) is 12.2 Å². The molecule has 1 aliphatic heterocycles. The molecular weight excluding hydrogens is 344 g/mol. The average molecular weight is 370 g/mol. The Hall–Kier alpha value is -2.51. The molecule has 2 heterocycles. The maximum Gasteiger partial charge on any atom is 0.260 e. The monoisotopic (exact) mass is 370 g/mol. The number of hydrogen-bond acceptors (Lipinski definition) is 6. The quantitative estimate of drug-likeness (QED) is 0.742. The predicted molar refractivity (Wildman–Crippen MR) is 101 cm³/mol. The van der Waals surface area contributed by atoms with Gasteiger partial charge in [-0.15, -0.1) is 0 Å². The molecule has 1 atom stereocenters. The van der Waals surface area contributed by atoms with Crippen LogP contribution in [0.5, 0.6) is 5.75 Å². The van der Waals surface area contributed by atoms with Crippen molar-refractivity contribution in [3.05, 3.63) is 54.1 Å². The Balaban J connectivity index is 1.48. The SMILES string of the molecule is C[C@H](c1ccncn1)N(C)Cc1ccc(OCC(=O)N2CCOCC2)cc1. The summed E-state index contributed by atoms with van der Waals surface area (Å²) in [6.45, 7) is 5.44. The van der Waals surface area contributed by atoms with Crippen molar-refractivity contribution in [2.45, 2.75) is 19.5 Å². The molecule has 1 aromatic heterocycles. The average Bonchev–Trinajstić information content (AvgIpc) is 2.73. The Morgan fingerprint density at radius 1 is 1.26 bits per heavy atom. The number of carbonyl (C=O) groups excluding carboxylic acids is 1. The Bertz CT molecular complexity index is 718. The third kappa shape index (κ3) is 5.48. The molecule has 1 aromatic carbocycles. The van der Waals surface area contributed by atoms with E-state index in [-0.39, 0.29) is 18.6 Å². The van der Waals surface area contributed by atoms with E-state index in [1.165, 1.54) is 5.56 Å². The van der Waals surface area contributed by atoms with Gasteiger partial charge in [-0.3, -0.25) is 9.69 Å². The fraction of sp³-hybridized carbons (Fsp3) is 0.450. The van der Waals surface area contributed by atoms with Crippen molar-refractivity contribution in [2.75, 3.05) is 40.0 Å². The highest BCUT2D eigenvalue weighted by Crippen LogP contribution is 2.19. The molecule has 144 valence electrons. The van der Waals surface area contributed by atoms with Crippen LogP contribution in [0, 0.1) is 0 Å². The van der Waals surface area contributed by atoms with Gasteiger partial charge in [-0.25, -0.2) is 9.97 Å². The van der Waals surface area contributed by atoms with Crippen LogP contribution in [0.1, 0.15) is 24.2 Å². The minimum atomic E-state index is 0.000727. The lowest BCUT2D eigenvalue weighted by Crippen LogP contribution is -2.42. The molecule has 0 unspecified atom stereocenters. The summed E-state index contributed by atoms with van der Waals surface area (Å²) in [4.78, 5) is 24.4. The summed E-state index contributed by atoms with van der Waals surface area (Å²) in [5, 5.41) is 0. The summed E-state index contributed by atoms with van der Waals surface area (Å²) < 4.78 is 10.9. The fourth-order valence-electron chi connectivity index (χ4n) is 2.94. The number of benzene rings is 1. The van der Waals surface area contributed by atoms with Crippen molar-refractivity contribution in [1.29, 1.82) is 0 Å². The van der Waals surface area contributed by atoms with E-state index in [9.17, 15) is 4.79 Å². The third-order valence-electron chi connectivity index (χ3n) is 4.78. The smallest absolute Gasteiger partial charge is 0.260 e. The van der Waals surface area contributed by atoms with Gasteiger partial charge in [0.1, 0.15) is 12.1 Å². The van der Waals surface area contributed by atoms with Gasteiger partial charge in [0.15, 0.2) is 6.61 Å². The van der Waals surface area contributed by atoms with Gasteiger partial charge in [-0.2, -0.15) is 0 Å². The first-order valence-corrected chi connectivity index (χ1v) is 9.17. The van der Waals surface area contributed by atoms with Crippen molar-refractivity contribution < 1.29 is 14.3 Å². The Kier molecular flexibility index (Phi) is 6.73. The minimum absolute atomic E-state index is 0.000727. The van der Waals surface area contributed by atoms with Crippen LogP contribution >= 0.6 is 0 Å². The molecule has 0 saturated carbocycles. The summed E-state index contributed by atoms with van der Waals surface area (Å²) in [5.41, 5.74) is 2.17. The zero-order valence-corrected chi connectivity index (χ0v) is 15.9. The molecule has 0 spiro atoms. The first-order chi connectivity index (χ1) is 13.1. The molecule has 0 radical (unpaired) electrons. The summed E-state index contributed by atoms with van der Waals surface area (Å²) in [6, 6.07) is 9.99. The summed E-state index contributed by atoms with van der Waals surface area (Å²) in [5.74, 6) is 0.702. The molecular formula is C20H26N4O3. The third-order valence-corrected chi connectivity index (χ3v) is 4.78. The number of nitrogens with zero attached hydrogens (tertiary/aromatic N) is 4. The lowest BCUT2D eigenvalue weighted by molar-refractivity contribution is -0.137. The van der Waals surface area contributed by atoms with Crippen LogP contribution in [0.3, 0.4) is 0 Å². The number of carbonyl (C=O) groups is 1. The number of amides is 1. The number of aromatic nitrogens is 2. The van der Waals surface area contributed by atoms with Gasteiger partial charge in [0.2, 0.25) is 0 Å². The van der Waals surface area contributed by atoms with Crippen LogP contribution in [-0.2, 0) is 16.1 Å². The van der Waals surface area contributed by atoms with Gasteiger partial charge in [-0.05, 0) is 37.7 Å². The Morgan fingerprint density at radius 3 is 2.67 bits per heavy atom. The van der Waals surface area contributed by atoms with Crippen molar-refractivity contribution in [2.24, 2.45) is 0 Å². The van der Waals surface area contributed by atoms with Gasteiger partial charge >= 0.3 is 0 Å². The van der Waals surface area contributed by atoms with Crippen LogP contribution < -0.4 is 4.74 Å². The lowest BCUT2D eigenvalue weighted by atomic mass is 10.1. The van der Waals surface area contributed by atoms with Crippen LogP contribution in [0.15, 0.2) is 42.9 Å². The summed E-state index contributed by atoms with van der Waals surface area (Å²) >= 11 is 0. The van der Waals surface area contributed by atoms with E-state index < -0.39 is 0 Å². The van der Waals surface area contributed by atoms with Gasteiger partial charge < -0.3 is 14.4 Å². The van der Waals surface area contributed by atoms with E-state index in [0.29, 0.717) is 32.1 Å². The van der Waals surface area contributed by atoms with Gasteiger partial charge in [0.25, 0.3) is 5.91 Å². The second-order valence-corrected chi connectivity index (χ2v) is 6.65. The maximum atomic E-state index is 12.1. The molecule has 27 heavy (non-hydrogen) atoms. The molecule has 1 aliphatic rings. The highest BCUT2D eigenvalue weighted by Gasteiger charge is 2.17. The second-order valence-electron chi connectivity index (χ2n) is 6.65. The van der Waals surface area contributed by atoms with E-state index >= 15 is 0 Å². The molecule has 7 heteroatoms. The fourth-order valence-corrected chi connectivity index (χ4v) is 2.94. The number of ether oxygens (including phenoxy) is 2. The Morgan fingerprint density at radius 2 is 2.00 bits per heavy atom. The first-order valence-electron chi connectivity index (χ1n) is 9.17. The molecule has 7 nitrogen and oxygen atoms in total. The van der Waals surface area contributed by atoms with Crippen molar-refractivity contribution in [1.82, 2.24) is 19.8 Å². The Labute approximate surface area is 159 Å². The maximum absolute atomic E-state index is 12.1. The summed E-state index contributed by atoms with van der Waals surface area (Å²) in [6.07, 6.45) is 3.33. The topological polar surface area (TPSA) is 67.8 Å². The molecule has 0 N–H and O–H groups in total. The molecule has 0 bridgehead atoms. The molecule has 1 amide bonds. The van der Waals surface area contributed by atoms with Gasteiger partial charge in [-0.1, -0.05) is 12.1 Å². The van der Waals surface area contributed by atoms with Crippen LogP contribution in [-0.4, -0.2) is 65.6 Å². The van der Waals surface area contributed by atoms with Gasteiger partial charge in [0.05, 0.1) is 18.9 Å².